The first kappa shape index (κ1) is 31.4. The average Bonchev–Trinajstić information content (AvgIpc) is 3.34. The second-order valence-corrected chi connectivity index (χ2v) is 11.2. The Bertz CT molecular complexity index is 1200. The third-order valence-corrected chi connectivity index (χ3v) is 7.52. The number of nitrogens with one attached hydrogen (secondary N) is 2. The second kappa shape index (κ2) is 16.2. The minimum absolute atomic E-state index is 0.0590. The summed E-state index contributed by atoms with van der Waals surface area (Å²) in [5.41, 5.74) is 1.38. The Hall–Kier alpha value is -3.14. The summed E-state index contributed by atoms with van der Waals surface area (Å²) in [6.07, 6.45) is 1.23. The van der Waals surface area contributed by atoms with E-state index in [4.69, 9.17) is 0 Å². The lowest BCUT2D eigenvalue weighted by Crippen LogP contribution is -2.49. The molecular weight excluding hydrogens is 532 g/mol. The molecule has 216 valence electrons. The van der Waals surface area contributed by atoms with Gasteiger partial charge in [-0.05, 0) is 54.7 Å². The lowest BCUT2D eigenvalue weighted by Gasteiger charge is -2.25. The number of nitrogens with zero attached hydrogens (tertiary/aromatic N) is 1. The van der Waals surface area contributed by atoms with Crippen molar-refractivity contribution in [1.82, 2.24) is 15.5 Å². The molecule has 3 N–H and O–H groups in total. The molecule has 0 aliphatic rings. The van der Waals surface area contributed by atoms with Crippen LogP contribution in [-0.2, 0) is 35.4 Å². The maximum Gasteiger partial charge on any atom is 0.227 e. The normalized spacial score (nSPS) is 12.6. The first-order valence-corrected chi connectivity index (χ1v) is 14.6. The number of thiophene rings is 1. The second-order valence-electron chi connectivity index (χ2n) is 9.94. The molecule has 0 bridgehead atoms. The van der Waals surface area contributed by atoms with Crippen LogP contribution in [0.15, 0.2) is 60.7 Å². The molecule has 6 nitrogen and oxygen atoms in total. The average molecular weight is 572 g/mol. The Morgan fingerprint density at radius 1 is 0.900 bits per heavy atom. The minimum atomic E-state index is -1.00. The molecule has 1 heterocycles. The van der Waals surface area contributed by atoms with Gasteiger partial charge in [0.2, 0.25) is 11.8 Å². The summed E-state index contributed by atoms with van der Waals surface area (Å²) >= 11 is 1.42. The molecule has 0 saturated heterocycles. The molecule has 0 radical (unpaired) electrons. The fourth-order valence-electron chi connectivity index (χ4n) is 4.56. The summed E-state index contributed by atoms with van der Waals surface area (Å²) in [6, 6.07) is 15.8. The van der Waals surface area contributed by atoms with E-state index >= 15 is 0 Å². The molecule has 2 aromatic carbocycles. The Labute approximate surface area is 239 Å². The first-order chi connectivity index (χ1) is 19.3. The van der Waals surface area contributed by atoms with E-state index < -0.39 is 23.8 Å². The van der Waals surface area contributed by atoms with Crippen LogP contribution in [0.3, 0.4) is 0 Å². The van der Waals surface area contributed by atoms with Gasteiger partial charge in [-0.2, -0.15) is 0 Å². The third-order valence-electron chi connectivity index (χ3n) is 6.43. The lowest BCUT2D eigenvalue weighted by atomic mass is 10.00. The number of rotatable bonds is 16. The molecule has 40 heavy (non-hydrogen) atoms. The van der Waals surface area contributed by atoms with E-state index in [0.29, 0.717) is 18.5 Å². The van der Waals surface area contributed by atoms with Crippen LogP contribution in [0.2, 0.25) is 0 Å². The number of halogens is 2. The summed E-state index contributed by atoms with van der Waals surface area (Å²) in [6.45, 7) is 6.25. The molecule has 3 rings (SSSR count). The Morgan fingerprint density at radius 2 is 1.52 bits per heavy atom. The number of amides is 2. The Balaban J connectivity index is 1.62. The summed E-state index contributed by atoms with van der Waals surface area (Å²) in [5, 5.41) is 17.0. The smallest absolute Gasteiger partial charge is 0.227 e. The zero-order valence-corrected chi connectivity index (χ0v) is 24.0. The molecule has 0 saturated carbocycles. The van der Waals surface area contributed by atoms with Gasteiger partial charge in [0.1, 0.15) is 11.6 Å². The van der Waals surface area contributed by atoms with E-state index in [1.54, 1.807) is 0 Å². The lowest BCUT2D eigenvalue weighted by molar-refractivity contribution is -0.130. The van der Waals surface area contributed by atoms with E-state index in [9.17, 15) is 23.5 Å². The molecule has 9 heteroatoms. The summed E-state index contributed by atoms with van der Waals surface area (Å²) < 4.78 is 27.6. The van der Waals surface area contributed by atoms with Crippen LogP contribution in [0.1, 0.15) is 47.6 Å². The van der Waals surface area contributed by atoms with Gasteiger partial charge in [0.15, 0.2) is 0 Å². The van der Waals surface area contributed by atoms with E-state index in [0.717, 1.165) is 47.3 Å². The summed E-state index contributed by atoms with van der Waals surface area (Å²) in [7, 11) is 0. The number of carbonyl (C=O) groups is 2. The predicted octanol–water partition coefficient (Wildman–Crippen LogP) is 4.64. The molecular formula is C31H39F2N3O3S. The fraction of sp³-hybridized carbons (Fsp3) is 0.419. The van der Waals surface area contributed by atoms with E-state index in [-0.39, 0.29) is 31.2 Å². The molecule has 0 aliphatic heterocycles. The largest absolute Gasteiger partial charge is 0.390 e. The first-order valence-electron chi connectivity index (χ1n) is 13.8. The van der Waals surface area contributed by atoms with Crippen molar-refractivity contribution in [1.29, 1.82) is 0 Å². The highest BCUT2D eigenvalue weighted by molar-refractivity contribution is 7.12. The van der Waals surface area contributed by atoms with Crippen LogP contribution in [0.4, 0.5) is 8.78 Å². The van der Waals surface area contributed by atoms with E-state index in [1.165, 1.54) is 23.5 Å². The molecule has 3 aromatic rings. The van der Waals surface area contributed by atoms with Gasteiger partial charge in [0, 0.05) is 42.0 Å². The van der Waals surface area contributed by atoms with Crippen molar-refractivity contribution in [2.75, 3.05) is 19.6 Å². The van der Waals surface area contributed by atoms with Gasteiger partial charge < -0.3 is 20.6 Å². The maximum absolute atomic E-state index is 13.8. The maximum atomic E-state index is 13.8. The summed E-state index contributed by atoms with van der Waals surface area (Å²) in [4.78, 5) is 29.3. The molecule has 0 unspecified atom stereocenters. The van der Waals surface area contributed by atoms with Gasteiger partial charge in [0.05, 0.1) is 25.0 Å². The van der Waals surface area contributed by atoms with Crippen LogP contribution in [0, 0.1) is 11.6 Å². The van der Waals surface area contributed by atoms with Gasteiger partial charge in [-0.25, -0.2) is 8.78 Å². The quantitative estimate of drug-likeness (QED) is 0.234. The molecule has 2 atom stereocenters. The van der Waals surface area contributed by atoms with Crippen molar-refractivity contribution in [2.45, 2.75) is 64.6 Å². The van der Waals surface area contributed by atoms with Crippen LogP contribution in [-0.4, -0.2) is 53.6 Å². The molecule has 0 fully saturated rings. The molecule has 1 aromatic heterocycles. The number of hydrogen-bond acceptors (Lipinski definition) is 5. The monoisotopic (exact) mass is 571 g/mol. The zero-order chi connectivity index (χ0) is 28.9. The zero-order valence-electron chi connectivity index (χ0n) is 23.2. The third kappa shape index (κ3) is 10.4. The van der Waals surface area contributed by atoms with Crippen molar-refractivity contribution in [3.63, 3.8) is 0 Å². The van der Waals surface area contributed by atoms with Gasteiger partial charge in [-0.3, -0.25) is 9.59 Å². The standard InChI is InChI=1S/C31H39F2N3O3S/c1-3-12-36(13-4-2)31(39)19-27-11-10-26(40-27)18-30(38)35-28(16-23-14-24(32)17-25(33)15-23)29(37)21-34-20-22-8-6-5-7-9-22/h5-11,14-15,17,28-29,34,37H,3-4,12-13,16,18-21H2,1-2H3,(H,35,38)/t28-,29+/m0/s1. The predicted molar refractivity (Wildman–Crippen MR) is 155 cm³/mol. The van der Waals surface area contributed by atoms with Crippen LogP contribution < -0.4 is 10.6 Å². The van der Waals surface area contributed by atoms with Crippen LogP contribution in [0.5, 0.6) is 0 Å². The van der Waals surface area contributed by atoms with E-state index in [1.807, 2.05) is 61.2 Å². The van der Waals surface area contributed by atoms with Crippen molar-refractivity contribution < 1.29 is 23.5 Å². The molecule has 0 aliphatic carbocycles. The van der Waals surface area contributed by atoms with Crippen molar-refractivity contribution in [3.8, 4) is 0 Å². The van der Waals surface area contributed by atoms with E-state index in [2.05, 4.69) is 10.6 Å². The topological polar surface area (TPSA) is 81.7 Å². The number of hydrogen-bond donors (Lipinski definition) is 3. The minimum Gasteiger partial charge on any atom is -0.390 e. The summed E-state index contributed by atoms with van der Waals surface area (Å²) in [5.74, 6) is -1.67. The number of aliphatic hydroxyl groups is 1. The van der Waals surface area contributed by atoms with Crippen LogP contribution in [0.25, 0.3) is 0 Å². The highest BCUT2D eigenvalue weighted by atomic mass is 32.1. The van der Waals surface area contributed by atoms with Gasteiger partial charge in [0.25, 0.3) is 0 Å². The number of benzene rings is 2. The fourth-order valence-corrected chi connectivity index (χ4v) is 5.57. The Kier molecular flexibility index (Phi) is 12.7. The van der Waals surface area contributed by atoms with Gasteiger partial charge >= 0.3 is 0 Å². The van der Waals surface area contributed by atoms with Gasteiger partial charge in [-0.1, -0.05) is 44.2 Å². The Morgan fingerprint density at radius 3 is 2.15 bits per heavy atom. The molecule has 2 amide bonds. The molecule has 0 spiro atoms. The number of aliphatic hydroxyl groups excluding tert-OH is 1. The van der Waals surface area contributed by atoms with Gasteiger partial charge in [-0.15, -0.1) is 11.3 Å². The van der Waals surface area contributed by atoms with Crippen molar-refractivity contribution >= 4 is 23.2 Å². The van der Waals surface area contributed by atoms with Crippen molar-refractivity contribution in [3.05, 3.63) is 93.2 Å². The SMILES string of the molecule is CCCN(CCC)C(=O)Cc1ccc(CC(=O)N[C@@H](Cc2cc(F)cc(F)c2)[C@H](O)CNCc2ccccc2)s1. The van der Waals surface area contributed by atoms with Crippen molar-refractivity contribution in [2.24, 2.45) is 0 Å². The highest BCUT2D eigenvalue weighted by Gasteiger charge is 2.23. The number of carbonyl (C=O) groups excluding carboxylic acids is 2. The highest BCUT2D eigenvalue weighted by Crippen LogP contribution is 2.19. The van der Waals surface area contributed by atoms with Crippen LogP contribution >= 0.6 is 11.3 Å².